The predicted octanol–water partition coefficient (Wildman–Crippen LogP) is 4.45. The number of nitrogens with one attached hydrogen (secondary N) is 2. The smallest absolute Gasteiger partial charge is 0.422 e. The van der Waals surface area contributed by atoms with E-state index in [4.69, 9.17) is 9.47 Å². The van der Waals surface area contributed by atoms with Crippen LogP contribution in [-0.2, 0) is 4.79 Å². The maximum atomic E-state index is 12.5. The number of carbonyl (C=O) groups is 3. The van der Waals surface area contributed by atoms with Crippen LogP contribution in [0, 0.1) is 6.92 Å². The first-order chi connectivity index (χ1) is 17.1. The summed E-state index contributed by atoms with van der Waals surface area (Å²) in [6, 6.07) is 10.4. The summed E-state index contributed by atoms with van der Waals surface area (Å²) >= 11 is 0. The second kappa shape index (κ2) is 11.5. The zero-order chi connectivity index (χ0) is 26.3. The topological polar surface area (TPSA) is 107 Å². The van der Waals surface area contributed by atoms with Crippen molar-refractivity contribution in [2.45, 2.75) is 26.4 Å². The molecule has 0 radical (unpaired) electrons. The van der Waals surface area contributed by atoms with Crippen LogP contribution >= 0.6 is 0 Å². The predicted molar refractivity (Wildman–Crippen MR) is 127 cm³/mol. The Morgan fingerprint density at radius 1 is 1.08 bits per heavy atom. The van der Waals surface area contributed by atoms with E-state index in [0.29, 0.717) is 28.3 Å². The molecule has 2 N–H and O–H groups in total. The van der Waals surface area contributed by atoms with Crippen LogP contribution < -0.4 is 20.1 Å². The molecule has 0 aliphatic carbocycles. The Morgan fingerprint density at radius 2 is 1.86 bits per heavy atom. The third kappa shape index (κ3) is 7.17. The number of carbonyl (C=O) groups excluding carboxylic acids is 3. The van der Waals surface area contributed by atoms with E-state index in [1.807, 2.05) is 0 Å². The summed E-state index contributed by atoms with van der Waals surface area (Å²) in [5.41, 5.74) is 1.10. The molecule has 0 bridgehead atoms. The molecule has 1 aromatic heterocycles. The largest absolute Gasteiger partial charge is 0.491 e. The molecule has 0 saturated carbocycles. The normalized spacial score (nSPS) is 11.1. The Balaban J connectivity index is 1.62. The van der Waals surface area contributed by atoms with Crippen molar-refractivity contribution in [3.8, 4) is 11.5 Å². The molecule has 0 aliphatic rings. The van der Waals surface area contributed by atoms with Crippen LogP contribution in [0.3, 0.4) is 0 Å². The second-order valence-corrected chi connectivity index (χ2v) is 7.77. The van der Waals surface area contributed by atoms with Gasteiger partial charge in [0.25, 0.3) is 5.91 Å². The molecular formula is C25H24F3N3O5. The zero-order valence-corrected chi connectivity index (χ0v) is 19.6. The first-order valence-electron chi connectivity index (χ1n) is 11.0. The van der Waals surface area contributed by atoms with Crippen molar-refractivity contribution in [2.24, 2.45) is 0 Å². The van der Waals surface area contributed by atoms with Crippen molar-refractivity contribution >= 4 is 34.7 Å². The lowest BCUT2D eigenvalue weighted by Crippen LogP contribution is -2.28. The summed E-state index contributed by atoms with van der Waals surface area (Å²) in [7, 11) is 0. The van der Waals surface area contributed by atoms with Gasteiger partial charge in [0.15, 0.2) is 12.9 Å². The number of aldehydes is 1. The molecule has 2 amide bonds. The van der Waals surface area contributed by atoms with Gasteiger partial charge in [0, 0.05) is 17.7 Å². The van der Waals surface area contributed by atoms with E-state index in [1.165, 1.54) is 30.3 Å². The van der Waals surface area contributed by atoms with Gasteiger partial charge in [-0.2, -0.15) is 13.2 Å². The number of ether oxygens (including phenoxy) is 2. The molecule has 0 fully saturated rings. The molecule has 8 nitrogen and oxygen atoms in total. The quantitative estimate of drug-likeness (QED) is 0.313. The molecule has 0 spiro atoms. The minimum absolute atomic E-state index is 0.0248. The molecule has 11 heteroatoms. The number of aryl methyl sites for hydroxylation is 1. The standard InChI is InChI=1S/C25H24F3N3O5/c1-3-23(33)31-22-12-17(10-15(2)30-22)24(34)29-8-9-35-21-7-4-16-11-18(36-14-25(26,27)28)5-6-19(16)20(21)13-32/h4-7,10-13H,3,8-9,14H2,1-2H3,(H,29,34)(H,30,31,33). The molecule has 36 heavy (non-hydrogen) atoms. The van der Waals surface area contributed by atoms with Crippen LogP contribution in [0.4, 0.5) is 19.0 Å². The highest BCUT2D eigenvalue weighted by Gasteiger charge is 2.28. The molecular weight excluding hydrogens is 479 g/mol. The van der Waals surface area contributed by atoms with Crippen molar-refractivity contribution < 1.29 is 37.0 Å². The maximum Gasteiger partial charge on any atom is 0.422 e. The van der Waals surface area contributed by atoms with Gasteiger partial charge in [-0.1, -0.05) is 13.0 Å². The maximum absolute atomic E-state index is 12.5. The number of alkyl halides is 3. The Labute approximate surface area is 204 Å². The van der Waals surface area contributed by atoms with Gasteiger partial charge in [0.05, 0.1) is 12.1 Å². The monoisotopic (exact) mass is 503 g/mol. The summed E-state index contributed by atoms with van der Waals surface area (Å²) < 4.78 is 47.6. The number of halogens is 3. The highest BCUT2D eigenvalue weighted by atomic mass is 19.4. The first kappa shape index (κ1) is 26.5. The molecule has 0 aliphatic heterocycles. The van der Waals surface area contributed by atoms with Gasteiger partial charge in [0.2, 0.25) is 5.91 Å². The third-order valence-corrected chi connectivity index (χ3v) is 4.96. The molecule has 0 unspecified atom stereocenters. The number of amides is 2. The van der Waals surface area contributed by atoms with Crippen molar-refractivity contribution in [3.63, 3.8) is 0 Å². The van der Waals surface area contributed by atoms with Crippen LogP contribution in [0.2, 0.25) is 0 Å². The van der Waals surface area contributed by atoms with Crippen molar-refractivity contribution in [2.75, 3.05) is 25.1 Å². The fraction of sp³-hybridized carbons (Fsp3) is 0.280. The fourth-order valence-electron chi connectivity index (χ4n) is 3.34. The number of aromatic nitrogens is 1. The van der Waals surface area contributed by atoms with E-state index in [-0.39, 0.29) is 48.4 Å². The summed E-state index contributed by atoms with van der Waals surface area (Å²) in [5, 5.41) is 6.31. The van der Waals surface area contributed by atoms with Gasteiger partial charge in [-0.3, -0.25) is 14.4 Å². The van der Waals surface area contributed by atoms with E-state index in [0.717, 1.165) is 0 Å². The Hall–Kier alpha value is -4.15. The second-order valence-electron chi connectivity index (χ2n) is 7.77. The number of pyridine rings is 1. The van der Waals surface area contributed by atoms with Crippen molar-refractivity contribution in [3.05, 3.63) is 59.3 Å². The van der Waals surface area contributed by atoms with Crippen molar-refractivity contribution in [1.82, 2.24) is 10.3 Å². The fourth-order valence-corrected chi connectivity index (χ4v) is 3.34. The minimum Gasteiger partial charge on any atom is -0.491 e. The average Bonchev–Trinajstić information content (AvgIpc) is 2.83. The number of hydrogen-bond acceptors (Lipinski definition) is 6. The third-order valence-electron chi connectivity index (χ3n) is 4.96. The molecule has 0 atom stereocenters. The number of hydrogen-bond donors (Lipinski definition) is 2. The van der Waals surface area contributed by atoms with Gasteiger partial charge in [-0.05, 0) is 54.1 Å². The number of benzene rings is 2. The highest BCUT2D eigenvalue weighted by molar-refractivity contribution is 6.01. The zero-order valence-electron chi connectivity index (χ0n) is 19.6. The van der Waals surface area contributed by atoms with E-state index in [1.54, 1.807) is 26.0 Å². The van der Waals surface area contributed by atoms with E-state index >= 15 is 0 Å². The lowest BCUT2D eigenvalue weighted by atomic mass is 10.0. The SMILES string of the molecule is CCC(=O)Nc1cc(C(=O)NCCOc2ccc3cc(OCC(F)(F)F)ccc3c2C=O)cc(C)n1. The Kier molecular flexibility index (Phi) is 8.46. The van der Waals surface area contributed by atoms with Crippen LogP contribution in [0.25, 0.3) is 10.8 Å². The first-order valence-corrected chi connectivity index (χ1v) is 11.0. The number of nitrogens with zero attached hydrogens (tertiary/aromatic N) is 1. The van der Waals surface area contributed by atoms with E-state index < -0.39 is 18.7 Å². The molecule has 1 heterocycles. The van der Waals surface area contributed by atoms with Gasteiger partial charge in [-0.25, -0.2) is 4.98 Å². The lowest BCUT2D eigenvalue weighted by Gasteiger charge is -2.13. The van der Waals surface area contributed by atoms with Crippen LogP contribution in [0.15, 0.2) is 42.5 Å². The van der Waals surface area contributed by atoms with Gasteiger partial charge < -0.3 is 20.1 Å². The molecule has 3 rings (SSSR count). The molecule has 3 aromatic rings. The minimum atomic E-state index is -4.46. The number of anilines is 1. The average molecular weight is 503 g/mol. The van der Waals surface area contributed by atoms with Gasteiger partial charge >= 0.3 is 6.18 Å². The van der Waals surface area contributed by atoms with Crippen molar-refractivity contribution in [1.29, 1.82) is 0 Å². The molecule has 2 aromatic carbocycles. The van der Waals surface area contributed by atoms with Gasteiger partial charge in [0.1, 0.15) is 23.9 Å². The number of rotatable bonds is 10. The highest BCUT2D eigenvalue weighted by Crippen LogP contribution is 2.30. The number of fused-ring (bicyclic) bond motifs is 1. The molecule has 0 saturated heterocycles. The van der Waals surface area contributed by atoms with Gasteiger partial charge in [-0.15, -0.1) is 0 Å². The summed E-state index contributed by atoms with van der Waals surface area (Å²) in [4.78, 5) is 40.0. The van der Waals surface area contributed by atoms with E-state index in [2.05, 4.69) is 15.6 Å². The van der Waals surface area contributed by atoms with Crippen LogP contribution in [-0.4, -0.2) is 49.0 Å². The Morgan fingerprint density at radius 3 is 2.56 bits per heavy atom. The molecule has 190 valence electrons. The van der Waals surface area contributed by atoms with Crippen LogP contribution in [0.5, 0.6) is 11.5 Å². The summed E-state index contributed by atoms with van der Waals surface area (Å²) in [5.74, 6) is -0.0465. The van der Waals surface area contributed by atoms with Crippen LogP contribution in [0.1, 0.15) is 39.8 Å². The Bertz CT molecular complexity index is 1280. The summed E-state index contributed by atoms with van der Waals surface area (Å²) in [6.45, 7) is 2.16. The van der Waals surface area contributed by atoms with E-state index in [9.17, 15) is 27.6 Å². The lowest BCUT2D eigenvalue weighted by molar-refractivity contribution is -0.153. The summed E-state index contributed by atoms with van der Waals surface area (Å²) in [6.07, 6.45) is -3.59.